The van der Waals surface area contributed by atoms with Crippen LogP contribution < -0.4 is 5.32 Å². The third-order valence-electron chi connectivity index (χ3n) is 3.49. The lowest BCUT2D eigenvalue weighted by molar-refractivity contribution is -0.121. The molecule has 0 radical (unpaired) electrons. The molecule has 1 saturated carbocycles. The summed E-state index contributed by atoms with van der Waals surface area (Å²) in [5.41, 5.74) is -0.0535. The first-order valence-corrected chi connectivity index (χ1v) is 6.21. The predicted molar refractivity (Wildman–Crippen MR) is 65.0 cm³/mol. The number of carbonyl (C=O) groups is 1. The molecule has 1 amide bonds. The Labute approximate surface area is 97.9 Å². The highest BCUT2D eigenvalue weighted by Crippen LogP contribution is 2.35. The third kappa shape index (κ3) is 3.97. The highest BCUT2D eigenvalue weighted by molar-refractivity contribution is 5.76. The Morgan fingerprint density at radius 1 is 1.38 bits per heavy atom. The van der Waals surface area contributed by atoms with Gasteiger partial charge in [-0.1, -0.05) is 25.3 Å². The van der Waals surface area contributed by atoms with E-state index in [1.807, 2.05) is 0 Å². The number of rotatable bonds is 6. The van der Waals surface area contributed by atoms with Gasteiger partial charge in [-0.2, -0.15) is 0 Å². The zero-order valence-electron chi connectivity index (χ0n) is 10.0. The summed E-state index contributed by atoms with van der Waals surface area (Å²) in [5.74, 6) is 0.0679. The lowest BCUT2D eigenvalue weighted by atomic mass is 9.74. The minimum absolute atomic E-state index is 0.0535. The van der Waals surface area contributed by atoms with E-state index >= 15 is 0 Å². The Kier molecular flexibility index (Phi) is 5.53. The molecule has 0 aliphatic heterocycles. The van der Waals surface area contributed by atoms with Gasteiger partial charge in [0.2, 0.25) is 5.91 Å². The van der Waals surface area contributed by atoms with Crippen molar-refractivity contribution in [2.45, 2.75) is 44.9 Å². The summed E-state index contributed by atoms with van der Waals surface area (Å²) >= 11 is 0. The van der Waals surface area contributed by atoms with E-state index < -0.39 is 0 Å². The van der Waals surface area contributed by atoms with E-state index in [9.17, 15) is 9.90 Å². The van der Waals surface area contributed by atoms with E-state index in [2.05, 4.69) is 11.9 Å². The number of nitrogens with one attached hydrogen (secondary N) is 1. The largest absolute Gasteiger partial charge is 0.396 e. The first-order chi connectivity index (χ1) is 7.72. The number of allylic oxidation sites excluding steroid dienone is 1. The van der Waals surface area contributed by atoms with Crippen LogP contribution in [0.2, 0.25) is 0 Å². The summed E-state index contributed by atoms with van der Waals surface area (Å²) in [4.78, 5) is 11.5. The fraction of sp³-hybridized carbons (Fsp3) is 0.769. The molecule has 0 aromatic rings. The lowest BCUT2D eigenvalue weighted by Gasteiger charge is -2.35. The number of amides is 1. The molecule has 3 nitrogen and oxygen atoms in total. The molecule has 1 aliphatic carbocycles. The molecule has 92 valence electrons. The summed E-state index contributed by atoms with van der Waals surface area (Å²) in [5, 5.41) is 12.4. The molecule has 0 aromatic carbocycles. The van der Waals surface area contributed by atoms with Gasteiger partial charge in [0.1, 0.15) is 0 Å². The van der Waals surface area contributed by atoms with Crippen LogP contribution in [0.3, 0.4) is 0 Å². The van der Waals surface area contributed by atoms with E-state index in [0.29, 0.717) is 13.0 Å². The molecule has 0 spiro atoms. The quantitative estimate of drug-likeness (QED) is 0.679. The van der Waals surface area contributed by atoms with Crippen molar-refractivity contribution in [1.29, 1.82) is 0 Å². The molecule has 0 aromatic heterocycles. The van der Waals surface area contributed by atoms with Crippen molar-refractivity contribution < 1.29 is 9.90 Å². The van der Waals surface area contributed by atoms with Gasteiger partial charge in [-0.25, -0.2) is 0 Å². The van der Waals surface area contributed by atoms with Crippen molar-refractivity contribution in [3.05, 3.63) is 12.7 Å². The zero-order valence-corrected chi connectivity index (χ0v) is 10.0. The van der Waals surface area contributed by atoms with Gasteiger partial charge in [0.15, 0.2) is 0 Å². The molecule has 3 heteroatoms. The summed E-state index contributed by atoms with van der Waals surface area (Å²) in [6.07, 6.45) is 8.64. The van der Waals surface area contributed by atoms with Crippen molar-refractivity contribution in [2.75, 3.05) is 13.2 Å². The third-order valence-corrected chi connectivity index (χ3v) is 3.49. The Morgan fingerprint density at radius 2 is 2.06 bits per heavy atom. The number of aliphatic hydroxyl groups is 1. The van der Waals surface area contributed by atoms with Gasteiger partial charge in [-0.3, -0.25) is 4.79 Å². The Balaban J connectivity index is 2.32. The van der Waals surface area contributed by atoms with Gasteiger partial charge in [0.05, 0.1) is 6.61 Å². The van der Waals surface area contributed by atoms with E-state index in [0.717, 1.165) is 19.3 Å². The Hall–Kier alpha value is -0.830. The minimum Gasteiger partial charge on any atom is -0.396 e. The van der Waals surface area contributed by atoms with Gasteiger partial charge < -0.3 is 10.4 Å². The average Bonchev–Trinajstić information content (AvgIpc) is 2.35. The van der Waals surface area contributed by atoms with Crippen LogP contribution in [-0.2, 0) is 4.79 Å². The SMILES string of the molecule is C=CCCC(=O)NCC1(CO)CCCCC1. The maximum Gasteiger partial charge on any atom is 0.220 e. The Bertz CT molecular complexity index is 232. The zero-order chi connectivity index (χ0) is 11.9. The molecule has 1 aliphatic rings. The van der Waals surface area contributed by atoms with Crippen molar-refractivity contribution in [1.82, 2.24) is 5.32 Å². The van der Waals surface area contributed by atoms with Gasteiger partial charge in [0, 0.05) is 18.4 Å². The normalized spacial score (nSPS) is 19.1. The molecule has 2 N–H and O–H groups in total. The van der Waals surface area contributed by atoms with E-state index in [-0.39, 0.29) is 17.9 Å². The van der Waals surface area contributed by atoms with Crippen molar-refractivity contribution in [3.8, 4) is 0 Å². The summed E-state index contributed by atoms with van der Waals surface area (Å²) in [6.45, 7) is 4.41. The van der Waals surface area contributed by atoms with E-state index in [1.54, 1.807) is 6.08 Å². The molecular weight excluding hydrogens is 202 g/mol. The summed E-state index contributed by atoms with van der Waals surface area (Å²) < 4.78 is 0. The fourth-order valence-corrected chi connectivity index (χ4v) is 2.30. The van der Waals surface area contributed by atoms with Crippen molar-refractivity contribution in [3.63, 3.8) is 0 Å². The number of hydrogen-bond donors (Lipinski definition) is 2. The second-order valence-corrected chi connectivity index (χ2v) is 4.82. The first kappa shape index (κ1) is 13.2. The molecular formula is C13H23NO2. The van der Waals surface area contributed by atoms with Gasteiger partial charge in [-0.15, -0.1) is 6.58 Å². The molecule has 0 unspecified atom stereocenters. The topological polar surface area (TPSA) is 49.3 Å². The van der Waals surface area contributed by atoms with Gasteiger partial charge in [-0.05, 0) is 19.3 Å². The maximum atomic E-state index is 11.5. The van der Waals surface area contributed by atoms with Crippen LogP contribution in [0.4, 0.5) is 0 Å². The molecule has 0 heterocycles. The van der Waals surface area contributed by atoms with Gasteiger partial charge in [0.25, 0.3) is 0 Å². The number of carbonyl (C=O) groups excluding carboxylic acids is 1. The fourth-order valence-electron chi connectivity index (χ4n) is 2.30. The molecule has 1 rings (SSSR count). The first-order valence-electron chi connectivity index (χ1n) is 6.21. The second kappa shape index (κ2) is 6.69. The predicted octanol–water partition coefficient (Wildman–Crippen LogP) is 2.01. The molecule has 0 bridgehead atoms. The van der Waals surface area contributed by atoms with Crippen LogP contribution in [0.5, 0.6) is 0 Å². The number of hydrogen-bond acceptors (Lipinski definition) is 2. The average molecular weight is 225 g/mol. The summed E-state index contributed by atoms with van der Waals surface area (Å²) in [7, 11) is 0. The lowest BCUT2D eigenvalue weighted by Crippen LogP contribution is -2.41. The van der Waals surface area contributed by atoms with Gasteiger partial charge >= 0.3 is 0 Å². The minimum atomic E-state index is -0.0535. The van der Waals surface area contributed by atoms with E-state index in [4.69, 9.17) is 0 Å². The van der Waals surface area contributed by atoms with Crippen LogP contribution in [0.1, 0.15) is 44.9 Å². The van der Waals surface area contributed by atoms with Crippen molar-refractivity contribution in [2.24, 2.45) is 5.41 Å². The van der Waals surface area contributed by atoms with Crippen LogP contribution in [0, 0.1) is 5.41 Å². The maximum absolute atomic E-state index is 11.5. The molecule has 16 heavy (non-hydrogen) atoms. The van der Waals surface area contributed by atoms with Crippen LogP contribution in [0.15, 0.2) is 12.7 Å². The highest BCUT2D eigenvalue weighted by Gasteiger charge is 2.31. The van der Waals surface area contributed by atoms with E-state index in [1.165, 1.54) is 19.3 Å². The molecule has 0 saturated heterocycles. The van der Waals surface area contributed by atoms with Crippen molar-refractivity contribution >= 4 is 5.91 Å². The highest BCUT2D eigenvalue weighted by atomic mass is 16.3. The van der Waals surface area contributed by atoms with Crippen LogP contribution in [-0.4, -0.2) is 24.2 Å². The summed E-state index contributed by atoms with van der Waals surface area (Å²) in [6, 6.07) is 0. The van der Waals surface area contributed by atoms with Crippen LogP contribution >= 0.6 is 0 Å². The standard InChI is InChI=1S/C13H23NO2/c1-2-3-7-12(16)14-10-13(11-15)8-5-4-6-9-13/h2,15H,1,3-11H2,(H,14,16). The molecule has 1 fully saturated rings. The second-order valence-electron chi connectivity index (χ2n) is 4.82. The molecule has 0 atom stereocenters. The smallest absolute Gasteiger partial charge is 0.220 e. The number of aliphatic hydroxyl groups excluding tert-OH is 1. The monoisotopic (exact) mass is 225 g/mol. The van der Waals surface area contributed by atoms with Crippen LogP contribution in [0.25, 0.3) is 0 Å². The Morgan fingerprint density at radius 3 is 2.62 bits per heavy atom.